The maximum absolute atomic E-state index is 5.85. The molecule has 3 rings (SSSR count). The topological polar surface area (TPSA) is 29.3 Å². The van der Waals surface area contributed by atoms with Gasteiger partial charge >= 0.3 is 0 Å². The maximum atomic E-state index is 5.85. The molecule has 1 unspecified atom stereocenters. The third-order valence-electron chi connectivity index (χ3n) is 4.76. The molecule has 1 aliphatic rings. The van der Waals surface area contributed by atoms with Gasteiger partial charge in [0, 0.05) is 18.8 Å². The molecular weight excluding hydrogens is 339 g/mol. The van der Waals surface area contributed by atoms with Crippen molar-refractivity contribution >= 4 is 30.5 Å². The van der Waals surface area contributed by atoms with Crippen LogP contribution in [0, 0.1) is 0 Å². The first-order valence-electron chi connectivity index (χ1n) is 8.33. The zero-order valence-corrected chi connectivity index (χ0v) is 15.9. The van der Waals surface area contributed by atoms with Crippen LogP contribution in [0.3, 0.4) is 0 Å². The van der Waals surface area contributed by atoms with Crippen molar-refractivity contribution in [2.45, 2.75) is 31.6 Å². The fourth-order valence-corrected chi connectivity index (χ4v) is 3.58. The predicted molar refractivity (Wildman–Crippen MR) is 109 cm³/mol. The molecule has 2 N–H and O–H groups in total. The number of likely N-dealkylation sites (N-methyl/N-ethyl adjacent to an activating group) is 1. The van der Waals surface area contributed by atoms with Gasteiger partial charge in [0.15, 0.2) is 0 Å². The van der Waals surface area contributed by atoms with Crippen LogP contribution in [0.2, 0.25) is 0 Å². The number of halogens is 2. The first kappa shape index (κ1) is 20.8. The molecule has 0 saturated carbocycles. The fraction of sp³-hybridized carbons (Fsp3) is 0.400. The highest BCUT2D eigenvalue weighted by Gasteiger charge is 2.20. The van der Waals surface area contributed by atoms with Crippen molar-refractivity contribution in [3.05, 3.63) is 65.2 Å². The Kier molecular flexibility index (Phi) is 8.61. The van der Waals surface area contributed by atoms with E-state index in [-0.39, 0.29) is 24.8 Å². The first-order chi connectivity index (χ1) is 10.7. The molecule has 0 spiro atoms. The molecule has 0 aromatic heterocycles. The lowest BCUT2D eigenvalue weighted by atomic mass is 9.82. The highest BCUT2D eigenvalue weighted by atomic mass is 35.5. The van der Waals surface area contributed by atoms with Gasteiger partial charge in [-0.15, -0.1) is 24.8 Å². The summed E-state index contributed by atoms with van der Waals surface area (Å²) in [7, 11) is 2.24. The van der Waals surface area contributed by atoms with Crippen LogP contribution in [0.1, 0.15) is 35.4 Å². The second kappa shape index (κ2) is 9.93. The number of nitrogen functional groups attached to an aromatic ring is 1. The summed E-state index contributed by atoms with van der Waals surface area (Å²) in [6.45, 7) is 2.24. The van der Waals surface area contributed by atoms with Gasteiger partial charge in [-0.2, -0.15) is 0 Å². The Morgan fingerprint density at radius 2 is 1.88 bits per heavy atom. The van der Waals surface area contributed by atoms with Crippen LogP contribution in [0.5, 0.6) is 0 Å². The number of hydrogen-bond donors (Lipinski definition) is 1. The Bertz CT molecular complexity index is 631. The molecule has 132 valence electrons. The third kappa shape index (κ3) is 5.41. The number of rotatable bonds is 5. The van der Waals surface area contributed by atoms with E-state index in [1.165, 1.54) is 24.8 Å². The molecule has 4 heteroatoms. The molecule has 0 saturated heterocycles. The van der Waals surface area contributed by atoms with Crippen molar-refractivity contribution in [1.82, 2.24) is 4.90 Å². The zero-order valence-electron chi connectivity index (χ0n) is 14.3. The number of benzene rings is 2. The number of anilines is 1. The van der Waals surface area contributed by atoms with Crippen molar-refractivity contribution in [3.63, 3.8) is 0 Å². The van der Waals surface area contributed by atoms with Crippen LogP contribution in [0.25, 0.3) is 0 Å². The van der Waals surface area contributed by atoms with Crippen LogP contribution in [0.15, 0.2) is 48.5 Å². The largest absolute Gasteiger partial charge is 0.399 e. The monoisotopic (exact) mass is 366 g/mol. The molecule has 2 aromatic carbocycles. The highest BCUT2D eigenvalue weighted by molar-refractivity contribution is 5.85. The van der Waals surface area contributed by atoms with E-state index >= 15 is 0 Å². The van der Waals surface area contributed by atoms with Gasteiger partial charge < -0.3 is 10.6 Å². The van der Waals surface area contributed by atoms with E-state index in [2.05, 4.69) is 48.3 Å². The predicted octanol–water partition coefficient (Wildman–Crippen LogP) is 4.71. The van der Waals surface area contributed by atoms with E-state index in [4.69, 9.17) is 5.73 Å². The van der Waals surface area contributed by atoms with Crippen molar-refractivity contribution < 1.29 is 0 Å². The van der Waals surface area contributed by atoms with Crippen LogP contribution in [0.4, 0.5) is 5.69 Å². The molecule has 0 radical (unpaired) electrons. The molecule has 1 atom stereocenters. The van der Waals surface area contributed by atoms with Gasteiger partial charge in [-0.1, -0.05) is 36.4 Å². The Hall–Kier alpha value is -1.22. The lowest BCUT2D eigenvalue weighted by Crippen LogP contribution is -2.28. The lowest BCUT2D eigenvalue weighted by Gasteiger charge is -2.29. The van der Waals surface area contributed by atoms with Gasteiger partial charge in [0.05, 0.1) is 0 Å². The summed E-state index contributed by atoms with van der Waals surface area (Å²) in [5, 5.41) is 0. The normalized spacial score (nSPS) is 16.0. The molecule has 2 aromatic rings. The minimum absolute atomic E-state index is 0. The van der Waals surface area contributed by atoms with E-state index in [9.17, 15) is 0 Å². The summed E-state index contributed by atoms with van der Waals surface area (Å²) >= 11 is 0. The summed E-state index contributed by atoms with van der Waals surface area (Å²) in [6, 6.07) is 17.2. The Morgan fingerprint density at radius 1 is 1.08 bits per heavy atom. The van der Waals surface area contributed by atoms with E-state index in [1.807, 2.05) is 12.1 Å². The molecule has 0 amide bonds. The molecule has 2 nitrogen and oxygen atoms in total. The molecular formula is C20H28Cl2N2. The van der Waals surface area contributed by atoms with Crippen molar-refractivity contribution in [1.29, 1.82) is 0 Å². The van der Waals surface area contributed by atoms with Gasteiger partial charge in [-0.3, -0.25) is 0 Å². The maximum Gasteiger partial charge on any atom is 0.0316 e. The van der Waals surface area contributed by atoms with Gasteiger partial charge in [0.25, 0.3) is 0 Å². The Balaban J connectivity index is 0.00000144. The number of nitrogens with zero attached hydrogens (tertiary/aromatic N) is 1. The van der Waals surface area contributed by atoms with Crippen molar-refractivity contribution in [2.24, 2.45) is 0 Å². The van der Waals surface area contributed by atoms with Crippen molar-refractivity contribution in [3.8, 4) is 0 Å². The third-order valence-corrected chi connectivity index (χ3v) is 4.76. The number of nitrogens with two attached hydrogens (primary N) is 1. The van der Waals surface area contributed by atoms with Crippen molar-refractivity contribution in [2.75, 3.05) is 25.9 Å². The first-order valence-corrected chi connectivity index (χ1v) is 8.33. The number of fused-ring (bicyclic) bond motifs is 1. The number of hydrogen-bond acceptors (Lipinski definition) is 2. The highest BCUT2D eigenvalue weighted by Crippen LogP contribution is 2.31. The molecule has 0 fully saturated rings. The Labute approximate surface area is 158 Å². The van der Waals surface area contributed by atoms with Gasteiger partial charge in [-0.05, 0) is 67.5 Å². The molecule has 1 aliphatic carbocycles. The van der Waals surface area contributed by atoms with Gasteiger partial charge in [0.2, 0.25) is 0 Å². The average Bonchev–Trinajstić information content (AvgIpc) is 2.53. The van der Waals surface area contributed by atoms with Crippen LogP contribution in [-0.2, 0) is 12.8 Å². The molecule has 0 heterocycles. The van der Waals surface area contributed by atoms with E-state index in [0.29, 0.717) is 5.92 Å². The van der Waals surface area contributed by atoms with E-state index < -0.39 is 0 Å². The summed E-state index contributed by atoms with van der Waals surface area (Å²) in [5.41, 5.74) is 11.2. The Morgan fingerprint density at radius 3 is 2.67 bits per heavy atom. The van der Waals surface area contributed by atoms with E-state index in [0.717, 1.165) is 25.2 Å². The molecule has 24 heavy (non-hydrogen) atoms. The average molecular weight is 367 g/mol. The van der Waals surface area contributed by atoms with Crippen LogP contribution >= 0.6 is 24.8 Å². The molecule has 0 bridgehead atoms. The standard InChI is InChI=1S/C20H26N2.2ClH/c1-22(13-12-16-6-4-10-19(21)14-16)15-18-9-5-8-17-7-2-3-11-20(17)18;;/h2-4,6-7,10-11,14,18H,5,8-9,12-13,15,21H2,1H3;2*1H. The summed E-state index contributed by atoms with van der Waals surface area (Å²) in [4.78, 5) is 2.47. The minimum Gasteiger partial charge on any atom is -0.399 e. The summed E-state index contributed by atoms with van der Waals surface area (Å²) in [5.74, 6) is 0.691. The van der Waals surface area contributed by atoms with Gasteiger partial charge in [0.1, 0.15) is 0 Å². The smallest absolute Gasteiger partial charge is 0.0316 e. The quantitative estimate of drug-likeness (QED) is 0.776. The zero-order chi connectivity index (χ0) is 15.4. The van der Waals surface area contributed by atoms with Crippen LogP contribution in [-0.4, -0.2) is 25.0 Å². The lowest BCUT2D eigenvalue weighted by molar-refractivity contribution is 0.301. The SMILES string of the molecule is CN(CCc1cccc(N)c1)CC1CCCc2ccccc21.Cl.Cl. The molecule has 0 aliphatic heterocycles. The minimum atomic E-state index is 0. The van der Waals surface area contributed by atoms with Crippen LogP contribution < -0.4 is 5.73 Å². The fourth-order valence-electron chi connectivity index (χ4n) is 3.58. The number of aryl methyl sites for hydroxylation is 1. The second-order valence-electron chi connectivity index (χ2n) is 6.55. The summed E-state index contributed by atoms with van der Waals surface area (Å²) < 4.78 is 0. The summed E-state index contributed by atoms with van der Waals surface area (Å²) in [6.07, 6.45) is 4.96. The second-order valence-corrected chi connectivity index (χ2v) is 6.55. The van der Waals surface area contributed by atoms with Gasteiger partial charge in [-0.25, -0.2) is 0 Å². The van der Waals surface area contributed by atoms with E-state index in [1.54, 1.807) is 11.1 Å².